The van der Waals surface area contributed by atoms with Crippen molar-refractivity contribution in [2.24, 2.45) is 5.73 Å². The maximum atomic E-state index is 11.4. The van der Waals surface area contributed by atoms with Crippen LogP contribution >= 0.6 is 0 Å². The van der Waals surface area contributed by atoms with Gasteiger partial charge in [-0.1, -0.05) is 51.1 Å². The van der Waals surface area contributed by atoms with E-state index in [0.29, 0.717) is 0 Å². The molecule has 0 atom stereocenters. The lowest BCUT2D eigenvalue weighted by Gasteiger charge is -2.31. The Hall–Kier alpha value is -2.03. The van der Waals surface area contributed by atoms with Gasteiger partial charge in [0.1, 0.15) is 0 Å². The Morgan fingerprint density at radius 3 is 2.08 bits per heavy atom. The highest BCUT2D eigenvalue weighted by molar-refractivity contribution is 5.75. The van der Waals surface area contributed by atoms with E-state index >= 15 is 0 Å². The van der Waals surface area contributed by atoms with Crippen LogP contribution < -0.4 is 5.73 Å². The van der Waals surface area contributed by atoms with Gasteiger partial charge in [0.2, 0.25) is 0 Å². The van der Waals surface area contributed by atoms with Gasteiger partial charge in [-0.3, -0.25) is 4.79 Å². The maximum Gasteiger partial charge on any atom is 0.310 e. The largest absolute Gasteiger partial charge is 0.469 e. The molecule has 24 heavy (non-hydrogen) atoms. The van der Waals surface area contributed by atoms with Crippen LogP contribution in [0.4, 0.5) is 0 Å². The first kappa shape index (κ1) is 20.0. The number of ether oxygens (including phenoxy) is 1. The van der Waals surface area contributed by atoms with Gasteiger partial charge in [0.05, 0.1) is 13.5 Å². The van der Waals surface area contributed by atoms with Crippen molar-refractivity contribution in [3.8, 4) is 0 Å². The van der Waals surface area contributed by atoms with E-state index in [9.17, 15) is 4.79 Å². The van der Waals surface area contributed by atoms with Gasteiger partial charge in [0, 0.05) is 0 Å². The fourth-order valence-corrected chi connectivity index (χ4v) is 3.21. The summed E-state index contributed by atoms with van der Waals surface area (Å²) in [6.07, 6.45) is 7.03. The van der Waals surface area contributed by atoms with Crippen molar-refractivity contribution in [2.75, 3.05) is 7.11 Å². The Labute approximate surface area is 146 Å². The van der Waals surface area contributed by atoms with Gasteiger partial charge in [-0.15, -0.1) is 0 Å². The van der Waals surface area contributed by atoms with E-state index in [-0.39, 0.29) is 17.8 Å². The van der Waals surface area contributed by atoms with Gasteiger partial charge >= 0.3 is 5.97 Å². The highest BCUT2D eigenvalue weighted by Crippen LogP contribution is 2.35. The van der Waals surface area contributed by atoms with Crippen LogP contribution in [0.1, 0.15) is 64.5 Å². The molecule has 0 aliphatic heterocycles. The fourth-order valence-electron chi connectivity index (χ4n) is 3.21. The van der Waals surface area contributed by atoms with E-state index < -0.39 is 0 Å². The van der Waals surface area contributed by atoms with Crippen molar-refractivity contribution in [1.82, 2.24) is 0 Å². The number of carbonyl (C=O) groups excluding carboxylic acids is 1. The molecule has 0 radical (unpaired) electrons. The van der Waals surface area contributed by atoms with Crippen LogP contribution in [-0.2, 0) is 14.9 Å². The standard InChI is InChI=1S/C21H31NO2/c1-6-21(7-2,8-3)19-11-9-18(10-12-19)16(4)13-17(15-22)14-20(23)24-5/h9-13,15H,6-8,14,22H2,1-5H3/b16-13+,17-15+. The van der Waals surface area contributed by atoms with Gasteiger partial charge in [-0.2, -0.15) is 0 Å². The number of carbonyl (C=O) groups is 1. The topological polar surface area (TPSA) is 52.3 Å². The number of hydrogen-bond acceptors (Lipinski definition) is 3. The summed E-state index contributed by atoms with van der Waals surface area (Å²) in [5, 5.41) is 0. The highest BCUT2D eigenvalue weighted by Gasteiger charge is 2.25. The predicted molar refractivity (Wildman–Crippen MR) is 102 cm³/mol. The SMILES string of the molecule is CCC(CC)(CC)c1ccc(/C(C)=C/C(=C\N)CC(=O)OC)cc1. The van der Waals surface area contributed by atoms with Crippen LogP contribution in [0.2, 0.25) is 0 Å². The molecule has 0 saturated heterocycles. The molecular formula is C21H31NO2. The minimum atomic E-state index is -0.287. The van der Waals surface area contributed by atoms with E-state index in [1.807, 2.05) is 13.0 Å². The molecule has 0 fully saturated rings. The van der Waals surface area contributed by atoms with Crippen LogP contribution in [0.3, 0.4) is 0 Å². The molecule has 0 saturated carbocycles. The summed E-state index contributed by atoms with van der Waals surface area (Å²) in [5.41, 5.74) is 10.3. The summed E-state index contributed by atoms with van der Waals surface area (Å²) in [6, 6.07) is 8.77. The van der Waals surface area contributed by atoms with E-state index in [0.717, 1.165) is 36.0 Å². The third kappa shape index (κ3) is 4.73. The minimum Gasteiger partial charge on any atom is -0.469 e. The molecule has 132 valence electrons. The molecule has 0 unspecified atom stereocenters. The Kier molecular flexibility index (Phi) is 7.76. The zero-order valence-electron chi connectivity index (χ0n) is 15.7. The predicted octanol–water partition coefficient (Wildman–Crippen LogP) is 4.96. The molecule has 1 aromatic carbocycles. The second kappa shape index (κ2) is 9.31. The number of esters is 1. The molecule has 1 rings (SSSR count). The molecule has 0 heterocycles. The van der Waals surface area contributed by atoms with Crippen LogP contribution in [0.25, 0.3) is 5.57 Å². The second-order valence-electron chi connectivity index (χ2n) is 6.24. The second-order valence-corrected chi connectivity index (χ2v) is 6.24. The normalized spacial score (nSPS) is 13.0. The Morgan fingerprint density at radius 1 is 1.12 bits per heavy atom. The van der Waals surface area contributed by atoms with Crippen LogP contribution in [0.5, 0.6) is 0 Å². The molecule has 0 amide bonds. The van der Waals surface area contributed by atoms with Gasteiger partial charge in [0.15, 0.2) is 0 Å². The lowest BCUT2D eigenvalue weighted by Crippen LogP contribution is -2.23. The van der Waals surface area contributed by atoms with Gasteiger partial charge in [0.25, 0.3) is 0 Å². The van der Waals surface area contributed by atoms with Gasteiger partial charge in [-0.25, -0.2) is 0 Å². The third-order valence-corrected chi connectivity index (χ3v) is 5.18. The number of methoxy groups -OCH3 is 1. The van der Waals surface area contributed by atoms with Gasteiger partial charge < -0.3 is 10.5 Å². The first-order chi connectivity index (χ1) is 11.5. The van der Waals surface area contributed by atoms with Crippen LogP contribution in [0, 0.1) is 0 Å². The zero-order chi connectivity index (χ0) is 18.2. The monoisotopic (exact) mass is 329 g/mol. The average Bonchev–Trinajstić information content (AvgIpc) is 2.63. The number of nitrogens with two attached hydrogens (primary N) is 1. The number of benzene rings is 1. The summed E-state index contributed by atoms with van der Waals surface area (Å²) in [7, 11) is 1.38. The lowest BCUT2D eigenvalue weighted by molar-refractivity contribution is -0.139. The summed E-state index contributed by atoms with van der Waals surface area (Å²) < 4.78 is 4.70. The summed E-state index contributed by atoms with van der Waals surface area (Å²) in [4.78, 5) is 11.4. The fraction of sp³-hybridized carbons (Fsp3) is 0.476. The Morgan fingerprint density at radius 2 is 1.67 bits per heavy atom. The lowest BCUT2D eigenvalue weighted by atomic mass is 9.73. The third-order valence-electron chi connectivity index (χ3n) is 5.18. The average molecular weight is 329 g/mol. The van der Waals surface area contributed by atoms with Crippen LogP contribution in [-0.4, -0.2) is 13.1 Å². The molecule has 0 bridgehead atoms. The summed E-state index contributed by atoms with van der Waals surface area (Å²) in [6.45, 7) is 8.81. The quantitative estimate of drug-likeness (QED) is 0.541. The van der Waals surface area contributed by atoms with Crippen molar-refractivity contribution in [3.05, 3.63) is 53.2 Å². The number of allylic oxidation sites excluding steroid dienone is 2. The van der Waals surface area contributed by atoms with Crippen molar-refractivity contribution < 1.29 is 9.53 Å². The molecule has 2 N–H and O–H groups in total. The van der Waals surface area contributed by atoms with Crippen molar-refractivity contribution >= 4 is 11.5 Å². The summed E-state index contributed by atoms with van der Waals surface area (Å²) in [5.74, 6) is -0.287. The van der Waals surface area contributed by atoms with Crippen molar-refractivity contribution in [3.63, 3.8) is 0 Å². The molecular weight excluding hydrogens is 298 g/mol. The highest BCUT2D eigenvalue weighted by atomic mass is 16.5. The first-order valence-electron chi connectivity index (χ1n) is 8.73. The zero-order valence-corrected chi connectivity index (χ0v) is 15.7. The Balaban J connectivity index is 3.03. The number of rotatable bonds is 8. The molecule has 0 aromatic heterocycles. The summed E-state index contributed by atoms with van der Waals surface area (Å²) >= 11 is 0. The smallest absolute Gasteiger partial charge is 0.310 e. The van der Waals surface area contributed by atoms with E-state index in [2.05, 4.69) is 45.0 Å². The van der Waals surface area contributed by atoms with E-state index in [1.54, 1.807) is 0 Å². The Bertz CT molecular complexity index is 585. The van der Waals surface area contributed by atoms with E-state index in [1.165, 1.54) is 18.9 Å². The molecule has 0 spiro atoms. The van der Waals surface area contributed by atoms with E-state index in [4.69, 9.17) is 10.5 Å². The van der Waals surface area contributed by atoms with Gasteiger partial charge in [-0.05, 0) is 60.1 Å². The molecule has 3 nitrogen and oxygen atoms in total. The van der Waals surface area contributed by atoms with Crippen LogP contribution in [0.15, 0.2) is 42.1 Å². The molecule has 1 aromatic rings. The minimum absolute atomic E-state index is 0.188. The number of hydrogen-bond donors (Lipinski definition) is 1. The van der Waals surface area contributed by atoms with Crippen molar-refractivity contribution in [1.29, 1.82) is 0 Å². The first-order valence-corrected chi connectivity index (χ1v) is 8.73. The maximum absolute atomic E-state index is 11.4. The molecule has 0 aliphatic rings. The van der Waals surface area contributed by atoms with Crippen molar-refractivity contribution in [2.45, 2.75) is 58.8 Å². The molecule has 0 aliphatic carbocycles. The molecule has 3 heteroatoms.